The number of thiophene rings is 1. The molecule has 1 aliphatic heterocycles. The number of aromatic nitrogens is 1. The highest BCUT2D eigenvalue weighted by Crippen LogP contribution is 2.44. The van der Waals surface area contributed by atoms with Gasteiger partial charge in [0.1, 0.15) is 17.6 Å². The van der Waals surface area contributed by atoms with Gasteiger partial charge in [-0.3, -0.25) is 14.5 Å². The van der Waals surface area contributed by atoms with Crippen LogP contribution < -0.4 is 4.90 Å². The molecule has 3 heterocycles. The van der Waals surface area contributed by atoms with Crippen LogP contribution in [0.25, 0.3) is 16.7 Å². The van der Waals surface area contributed by atoms with Crippen molar-refractivity contribution in [1.82, 2.24) is 4.98 Å². The highest BCUT2D eigenvalue weighted by Gasteiger charge is 2.47. The second kappa shape index (κ2) is 6.96. The van der Waals surface area contributed by atoms with E-state index in [1.165, 1.54) is 40.5 Å². The molecule has 7 heteroatoms. The molecule has 1 amide bonds. The van der Waals surface area contributed by atoms with E-state index < -0.39 is 23.5 Å². The van der Waals surface area contributed by atoms with Crippen molar-refractivity contribution in [2.75, 3.05) is 4.90 Å². The van der Waals surface area contributed by atoms with E-state index in [4.69, 9.17) is 0 Å². The first kappa shape index (κ1) is 18.3. The zero-order chi connectivity index (χ0) is 20.8. The average Bonchev–Trinajstić information content (AvgIpc) is 3.48. The van der Waals surface area contributed by atoms with Gasteiger partial charge < -0.3 is 10.1 Å². The minimum atomic E-state index is -0.802. The first-order valence-corrected chi connectivity index (χ1v) is 10.1. The van der Waals surface area contributed by atoms with Gasteiger partial charge in [-0.2, -0.15) is 0 Å². The number of nitrogens with zero attached hydrogens (tertiary/aromatic N) is 1. The number of para-hydroxylation sites is 1. The standard InChI is InChI=1S/C23H15FN2O3S/c24-13-7-9-14(10-8-13)26-20(18-6-3-11-30-18)19(22(28)23(26)29)21(27)16-12-25-17-5-2-1-4-15(16)17/h1-12,20,25,27H/b21-19-. The lowest BCUT2D eigenvalue weighted by molar-refractivity contribution is -0.132. The first-order valence-electron chi connectivity index (χ1n) is 9.22. The molecule has 5 nitrogen and oxygen atoms in total. The third-order valence-electron chi connectivity index (χ3n) is 5.21. The number of nitrogens with one attached hydrogen (secondary N) is 1. The molecule has 1 atom stereocenters. The molecule has 30 heavy (non-hydrogen) atoms. The van der Waals surface area contributed by atoms with Crippen molar-refractivity contribution in [1.29, 1.82) is 0 Å². The second-order valence-corrected chi connectivity index (χ2v) is 7.89. The number of Topliss-reactive ketones (excluding diaryl/α,β-unsaturated/α-hetero) is 1. The Morgan fingerprint density at radius 2 is 1.80 bits per heavy atom. The number of anilines is 1. The Morgan fingerprint density at radius 1 is 1.03 bits per heavy atom. The van der Waals surface area contributed by atoms with Crippen molar-refractivity contribution in [3.63, 3.8) is 0 Å². The molecule has 1 saturated heterocycles. The van der Waals surface area contributed by atoms with Crippen molar-refractivity contribution < 1.29 is 19.1 Å². The van der Waals surface area contributed by atoms with Crippen LogP contribution in [-0.4, -0.2) is 21.8 Å². The van der Waals surface area contributed by atoms with Gasteiger partial charge in [-0.25, -0.2) is 4.39 Å². The molecule has 0 saturated carbocycles. The second-order valence-electron chi connectivity index (χ2n) is 6.91. The van der Waals surface area contributed by atoms with Crippen LogP contribution in [0.1, 0.15) is 16.5 Å². The summed E-state index contributed by atoms with van der Waals surface area (Å²) in [7, 11) is 0. The maximum absolute atomic E-state index is 13.4. The van der Waals surface area contributed by atoms with Gasteiger partial charge in [0.05, 0.1) is 5.57 Å². The molecule has 2 N–H and O–H groups in total. The van der Waals surface area contributed by atoms with Crippen molar-refractivity contribution in [2.24, 2.45) is 0 Å². The fourth-order valence-electron chi connectivity index (χ4n) is 3.83. The van der Waals surface area contributed by atoms with Crippen molar-refractivity contribution >= 4 is 45.4 Å². The number of ketones is 1. The Bertz CT molecular complexity index is 1310. The van der Waals surface area contributed by atoms with Crippen molar-refractivity contribution in [3.8, 4) is 0 Å². The molecule has 1 fully saturated rings. The van der Waals surface area contributed by atoms with Crippen LogP contribution >= 0.6 is 11.3 Å². The van der Waals surface area contributed by atoms with Crippen LogP contribution in [0, 0.1) is 5.82 Å². The van der Waals surface area contributed by atoms with Gasteiger partial charge in [0.25, 0.3) is 11.7 Å². The monoisotopic (exact) mass is 418 g/mol. The molecule has 0 radical (unpaired) electrons. The van der Waals surface area contributed by atoms with Gasteiger partial charge >= 0.3 is 0 Å². The lowest BCUT2D eigenvalue weighted by atomic mass is 9.99. The summed E-state index contributed by atoms with van der Waals surface area (Å²) in [6.45, 7) is 0. The smallest absolute Gasteiger partial charge is 0.300 e. The van der Waals surface area contributed by atoms with E-state index in [1.54, 1.807) is 12.3 Å². The van der Waals surface area contributed by atoms with Crippen molar-refractivity contribution in [2.45, 2.75) is 6.04 Å². The fraction of sp³-hybridized carbons (Fsp3) is 0.0435. The van der Waals surface area contributed by atoms with E-state index in [0.29, 0.717) is 11.3 Å². The molecule has 1 aliphatic rings. The predicted octanol–water partition coefficient (Wildman–Crippen LogP) is 4.99. The van der Waals surface area contributed by atoms with Gasteiger partial charge in [0.15, 0.2) is 0 Å². The first-order chi connectivity index (χ1) is 14.6. The number of amides is 1. The Morgan fingerprint density at radius 3 is 2.53 bits per heavy atom. The number of aliphatic hydroxyl groups excluding tert-OH is 1. The summed E-state index contributed by atoms with van der Waals surface area (Å²) in [5.74, 6) is -2.22. The molecular formula is C23H15FN2O3S. The summed E-state index contributed by atoms with van der Waals surface area (Å²) in [6, 6.07) is 15.6. The maximum Gasteiger partial charge on any atom is 0.300 e. The summed E-state index contributed by atoms with van der Waals surface area (Å²) >= 11 is 1.37. The normalized spacial score (nSPS) is 18.4. The Kier molecular flexibility index (Phi) is 4.25. The third-order valence-corrected chi connectivity index (χ3v) is 6.13. The molecule has 4 aromatic rings. The van der Waals surface area contributed by atoms with E-state index in [0.717, 1.165) is 15.8 Å². The summed E-state index contributed by atoms with van der Waals surface area (Å²) in [5, 5.41) is 13.8. The molecule has 2 aromatic heterocycles. The Labute approximate surface area is 174 Å². The molecule has 5 rings (SSSR count). The van der Waals surface area contributed by atoms with Gasteiger partial charge in [-0.05, 0) is 41.8 Å². The van der Waals surface area contributed by atoms with Crippen LogP contribution in [0.3, 0.4) is 0 Å². The highest BCUT2D eigenvalue weighted by atomic mass is 32.1. The van der Waals surface area contributed by atoms with Crippen LogP contribution in [-0.2, 0) is 9.59 Å². The molecule has 148 valence electrons. The summed E-state index contributed by atoms with van der Waals surface area (Å²) in [4.78, 5) is 31.1. The van der Waals surface area contributed by atoms with Gasteiger partial charge in [0, 0.05) is 33.2 Å². The molecule has 0 bridgehead atoms. The molecule has 0 aliphatic carbocycles. The number of rotatable bonds is 3. The molecule has 1 unspecified atom stereocenters. The van der Waals surface area contributed by atoms with Crippen LogP contribution in [0.15, 0.2) is 77.8 Å². The van der Waals surface area contributed by atoms with Gasteiger partial charge in [0.2, 0.25) is 0 Å². The SMILES string of the molecule is O=C1C(=O)N(c2ccc(F)cc2)C(c2cccs2)/C1=C(/O)c1c[nH]c2ccccc12. The number of aromatic amines is 1. The maximum atomic E-state index is 13.4. The summed E-state index contributed by atoms with van der Waals surface area (Å²) < 4.78 is 13.4. The van der Waals surface area contributed by atoms with Crippen molar-refractivity contribution in [3.05, 3.63) is 94.1 Å². The minimum absolute atomic E-state index is 0.0107. The van der Waals surface area contributed by atoms with E-state index in [-0.39, 0.29) is 11.3 Å². The van der Waals surface area contributed by atoms with Gasteiger partial charge in [-0.1, -0.05) is 24.3 Å². The lowest BCUT2D eigenvalue weighted by Crippen LogP contribution is -2.29. The van der Waals surface area contributed by atoms with Crippen LogP contribution in [0.2, 0.25) is 0 Å². The number of halogens is 1. The van der Waals surface area contributed by atoms with E-state index >= 15 is 0 Å². The summed E-state index contributed by atoms with van der Waals surface area (Å²) in [6.07, 6.45) is 1.62. The topological polar surface area (TPSA) is 73.4 Å². The Hall–Kier alpha value is -3.71. The average molecular weight is 418 g/mol. The zero-order valence-corrected chi connectivity index (χ0v) is 16.3. The van der Waals surface area contributed by atoms with Crippen LogP contribution in [0.5, 0.6) is 0 Å². The number of fused-ring (bicyclic) bond motifs is 1. The number of carbonyl (C=O) groups excluding carboxylic acids is 2. The number of hydrogen-bond donors (Lipinski definition) is 2. The molecule has 2 aromatic carbocycles. The largest absolute Gasteiger partial charge is 0.507 e. The number of benzene rings is 2. The number of hydrogen-bond acceptors (Lipinski definition) is 4. The quantitative estimate of drug-likeness (QED) is 0.280. The van der Waals surface area contributed by atoms with E-state index in [9.17, 15) is 19.1 Å². The molecule has 0 spiro atoms. The van der Waals surface area contributed by atoms with E-state index in [2.05, 4.69) is 4.98 Å². The number of aliphatic hydroxyl groups is 1. The molecular weight excluding hydrogens is 403 g/mol. The summed E-state index contributed by atoms with van der Waals surface area (Å²) in [5.41, 5.74) is 1.65. The predicted molar refractivity (Wildman–Crippen MR) is 114 cm³/mol. The zero-order valence-electron chi connectivity index (χ0n) is 15.5. The third kappa shape index (κ3) is 2.74. The number of H-pyrrole nitrogens is 1. The van der Waals surface area contributed by atoms with Gasteiger partial charge in [-0.15, -0.1) is 11.3 Å². The lowest BCUT2D eigenvalue weighted by Gasteiger charge is -2.24. The Balaban J connectivity index is 1.74. The number of carbonyl (C=O) groups is 2. The van der Waals surface area contributed by atoms with Crippen LogP contribution in [0.4, 0.5) is 10.1 Å². The fourth-order valence-corrected chi connectivity index (χ4v) is 4.65. The highest BCUT2D eigenvalue weighted by molar-refractivity contribution is 7.10. The van der Waals surface area contributed by atoms with E-state index in [1.807, 2.05) is 35.7 Å². The minimum Gasteiger partial charge on any atom is -0.507 e.